The lowest BCUT2D eigenvalue weighted by molar-refractivity contribution is 0.372. The average Bonchev–Trinajstić information content (AvgIpc) is 2.48. The van der Waals surface area contributed by atoms with Crippen molar-refractivity contribution in [2.45, 2.75) is 12.8 Å². The molecule has 1 nitrogen and oxygen atoms in total. The molecule has 0 N–H and O–H groups in total. The smallest absolute Gasteiger partial charge is 0.201 e. The van der Waals surface area contributed by atoms with Gasteiger partial charge in [0.15, 0.2) is 11.6 Å². The highest BCUT2D eigenvalue weighted by Crippen LogP contribution is 2.29. The second kappa shape index (κ2) is 6.33. The van der Waals surface area contributed by atoms with Crippen molar-refractivity contribution in [3.05, 3.63) is 66.3 Å². The van der Waals surface area contributed by atoms with Gasteiger partial charge in [-0.2, -0.15) is 4.39 Å². The zero-order valence-electron chi connectivity index (χ0n) is 11.3. The Morgan fingerprint density at radius 2 is 1.75 bits per heavy atom. The van der Waals surface area contributed by atoms with Gasteiger partial charge in [0.1, 0.15) is 0 Å². The minimum atomic E-state index is -0.958. The number of ether oxygens (including phenoxy) is 1. The summed E-state index contributed by atoms with van der Waals surface area (Å²) >= 11 is 0. The molecule has 0 aromatic heterocycles. The second-order valence-corrected chi connectivity index (χ2v) is 4.47. The van der Waals surface area contributed by atoms with Crippen LogP contribution in [0.5, 0.6) is 5.75 Å². The Morgan fingerprint density at radius 3 is 2.35 bits per heavy atom. The van der Waals surface area contributed by atoms with E-state index in [4.69, 9.17) is 4.74 Å². The van der Waals surface area contributed by atoms with Crippen LogP contribution in [0.3, 0.4) is 0 Å². The maximum Gasteiger partial charge on any atom is 0.201 e. The summed E-state index contributed by atoms with van der Waals surface area (Å²) in [6.07, 6.45) is 3.64. The van der Waals surface area contributed by atoms with E-state index in [-0.39, 0.29) is 11.3 Å². The standard InChI is InChI=1S/C17H16F2O/c1-3-4-5-12-6-8-13(9-7-12)14-10-11-15(20-2)17(19)16(14)18/h3,6-11H,1,4-5H2,2H3. The van der Waals surface area contributed by atoms with Crippen LogP contribution >= 0.6 is 0 Å². The lowest BCUT2D eigenvalue weighted by atomic mass is 10.0. The Balaban J connectivity index is 2.32. The molecule has 0 aliphatic carbocycles. The van der Waals surface area contributed by atoms with Gasteiger partial charge in [0.05, 0.1) is 7.11 Å². The zero-order valence-corrected chi connectivity index (χ0v) is 11.3. The summed E-state index contributed by atoms with van der Waals surface area (Å²) in [6.45, 7) is 3.68. The first-order valence-electron chi connectivity index (χ1n) is 6.39. The Kier molecular flexibility index (Phi) is 4.51. The van der Waals surface area contributed by atoms with Crippen molar-refractivity contribution in [3.8, 4) is 16.9 Å². The fourth-order valence-corrected chi connectivity index (χ4v) is 2.03. The van der Waals surface area contributed by atoms with Gasteiger partial charge in [0.2, 0.25) is 5.82 Å². The first-order valence-corrected chi connectivity index (χ1v) is 6.39. The molecule has 0 radical (unpaired) electrons. The molecule has 0 saturated heterocycles. The van der Waals surface area contributed by atoms with Crippen LogP contribution in [-0.4, -0.2) is 7.11 Å². The van der Waals surface area contributed by atoms with Crippen molar-refractivity contribution in [2.75, 3.05) is 7.11 Å². The molecule has 0 unspecified atom stereocenters. The highest BCUT2D eigenvalue weighted by Gasteiger charge is 2.14. The fraction of sp³-hybridized carbons (Fsp3) is 0.176. The zero-order chi connectivity index (χ0) is 14.5. The molecule has 0 aliphatic rings. The number of halogens is 2. The molecule has 2 aromatic rings. The number of allylic oxidation sites excluding steroid dienone is 1. The molecule has 0 heterocycles. The second-order valence-electron chi connectivity index (χ2n) is 4.47. The summed E-state index contributed by atoms with van der Waals surface area (Å²) in [5.74, 6) is -1.93. The van der Waals surface area contributed by atoms with Gasteiger partial charge in [0.25, 0.3) is 0 Å². The summed E-state index contributed by atoms with van der Waals surface area (Å²) in [5.41, 5.74) is 2.02. The van der Waals surface area contributed by atoms with Gasteiger partial charge in [-0.1, -0.05) is 30.3 Å². The Labute approximate surface area is 117 Å². The van der Waals surface area contributed by atoms with Crippen LogP contribution in [0.2, 0.25) is 0 Å². The number of hydrogen-bond donors (Lipinski definition) is 0. The molecule has 0 spiro atoms. The quantitative estimate of drug-likeness (QED) is 0.714. The molecule has 104 valence electrons. The van der Waals surface area contributed by atoms with E-state index in [0.29, 0.717) is 5.56 Å². The van der Waals surface area contributed by atoms with Crippen LogP contribution in [0.4, 0.5) is 8.78 Å². The van der Waals surface area contributed by atoms with Crippen molar-refractivity contribution < 1.29 is 13.5 Å². The molecule has 3 heteroatoms. The Hall–Kier alpha value is -2.16. The van der Waals surface area contributed by atoms with Gasteiger partial charge < -0.3 is 4.74 Å². The predicted octanol–water partition coefficient (Wildman–Crippen LogP) is 4.76. The average molecular weight is 274 g/mol. The van der Waals surface area contributed by atoms with Crippen LogP contribution in [0.15, 0.2) is 49.1 Å². The molecule has 0 bridgehead atoms. The summed E-state index contributed by atoms with van der Waals surface area (Å²) < 4.78 is 32.4. The third-order valence-corrected chi connectivity index (χ3v) is 3.17. The molecule has 0 fully saturated rings. The minimum Gasteiger partial charge on any atom is -0.494 e. The number of aryl methyl sites for hydroxylation is 1. The monoisotopic (exact) mass is 274 g/mol. The molecule has 0 amide bonds. The SMILES string of the molecule is C=CCCc1ccc(-c2ccc(OC)c(F)c2F)cc1. The fourth-order valence-electron chi connectivity index (χ4n) is 2.03. The third kappa shape index (κ3) is 2.87. The van der Waals surface area contributed by atoms with Crippen molar-refractivity contribution in [2.24, 2.45) is 0 Å². The van der Waals surface area contributed by atoms with Crippen LogP contribution in [0.25, 0.3) is 11.1 Å². The van der Waals surface area contributed by atoms with Crippen molar-refractivity contribution in [3.63, 3.8) is 0 Å². The van der Waals surface area contributed by atoms with Crippen molar-refractivity contribution in [1.29, 1.82) is 0 Å². The number of rotatable bonds is 5. The van der Waals surface area contributed by atoms with Gasteiger partial charge in [-0.25, -0.2) is 4.39 Å². The first-order chi connectivity index (χ1) is 9.67. The molecule has 2 aromatic carbocycles. The maximum atomic E-state index is 14.0. The van der Waals surface area contributed by atoms with E-state index in [9.17, 15) is 8.78 Å². The molecular formula is C17H16F2O. The van der Waals surface area contributed by atoms with Crippen LogP contribution in [-0.2, 0) is 6.42 Å². The molecule has 0 saturated carbocycles. The van der Waals surface area contributed by atoms with E-state index in [1.165, 1.54) is 19.2 Å². The summed E-state index contributed by atoms with van der Waals surface area (Å²) in [6, 6.07) is 10.4. The summed E-state index contributed by atoms with van der Waals surface area (Å²) in [4.78, 5) is 0. The van der Waals surface area contributed by atoms with E-state index in [1.807, 2.05) is 18.2 Å². The third-order valence-electron chi connectivity index (χ3n) is 3.17. The summed E-state index contributed by atoms with van der Waals surface area (Å²) in [7, 11) is 1.31. The van der Waals surface area contributed by atoms with E-state index < -0.39 is 11.6 Å². The highest BCUT2D eigenvalue weighted by atomic mass is 19.2. The first kappa shape index (κ1) is 14.3. The van der Waals surface area contributed by atoms with E-state index in [2.05, 4.69) is 6.58 Å². The number of hydrogen-bond acceptors (Lipinski definition) is 1. The lowest BCUT2D eigenvalue weighted by Gasteiger charge is -2.08. The largest absolute Gasteiger partial charge is 0.494 e. The summed E-state index contributed by atoms with van der Waals surface area (Å²) in [5, 5.41) is 0. The van der Waals surface area contributed by atoms with Gasteiger partial charge in [-0.3, -0.25) is 0 Å². The van der Waals surface area contributed by atoms with E-state index in [1.54, 1.807) is 12.1 Å². The number of methoxy groups -OCH3 is 1. The molecule has 20 heavy (non-hydrogen) atoms. The van der Waals surface area contributed by atoms with Gasteiger partial charge in [-0.15, -0.1) is 6.58 Å². The lowest BCUT2D eigenvalue weighted by Crippen LogP contribution is -1.95. The highest BCUT2D eigenvalue weighted by molar-refractivity contribution is 5.65. The predicted molar refractivity (Wildman–Crippen MR) is 76.9 cm³/mol. The van der Waals surface area contributed by atoms with Crippen LogP contribution in [0.1, 0.15) is 12.0 Å². The molecule has 2 rings (SSSR count). The van der Waals surface area contributed by atoms with Crippen molar-refractivity contribution in [1.82, 2.24) is 0 Å². The topological polar surface area (TPSA) is 9.23 Å². The Morgan fingerprint density at radius 1 is 1.05 bits per heavy atom. The molecular weight excluding hydrogens is 258 g/mol. The molecule has 0 atom stereocenters. The van der Waals surface area contributed by atoms with Gasteiger partial charge >= 0.3 is 0 Å². The number of benzene rings is 2. The molecule has 0 aliphatic heterocycles. The maximum absolute atomic E-state index is 14.0. The van der Waals surface area contributed by atoms with E-state index >= 15 is 0 Å². The van der Waals surface area contributed by atoms with Crippen molar-refractivity contribution >= 4 is 0 Å². The van der Waals surface area contributed by atoms with Gasteiger partial charge in [-0.05, 0) is 36.1 Å². The normalized spacial score (nSPS) is 10.3. The van der Waals surface area contributed by atoms with Gasteiger partial charge in [0, 0.05) is 5.56 Å². The Bertz CT molecular complexity index is 603. The van der Waals surface area contributed by atoms with E-state index in [0.717, 1.165) is 18.4 Å². The van der Waals surface area contributed by atoms with Crippen LogP contribution in [0, 0.1) is 11.6 Å². The minimum absolute atomic E-state index is 0.0890. The van der Waals surface area contributed by atoms with Crippen LogP contribution < -0.4 is 4.74 Å².